The number of hydrogen-bond acceptors (Lipinski definition) is 4. The summed E-state index contributed by atoms with van der Waals surface area (Å²) in [5.41, 5.74) is 5.46. The first-order valence-corrected chi connectivity index (χ1v) is 10.9. The number of rotatable bonds is 6. The topological polar surface area (TPSA) is 77.6 Å². The molecule has 1 amide bonds. The maximum Gasteiger partial charge on any atom is 0.247 e. The highest BCUT2D eigenvalue weighted by atomic mass is 19.1. The van der Waals surface area contributed by atoms with E-state index >= 15 is 0 Å². The van der Waals surface area contributed by atoms with Gasteiger partial charge < -0.3 is 5.32 Å². The predicted octanol–water partition coefficient (Wildman–Crippen LogP) is 4.74. The van der Waals surface area contributed by atoms with Crippen molar-refractivity contribution in [2.45, 2.75) is 26.9 Å². The Balaban J connectivity index is 1.34. The van der Waals surface area contributed by atoms with E-state index in [1.54, 1.807) is 33.8 Å². The fourth-order valence-corrected chi connectivity index (χ4v) is 4.06. The standard InChI is InChI=1S/C26H23FN6O/c1-17-5-3-4-6-20(17)15-32-14-12-23(31-32)29-24(34)16-33-26-25(18(2)30-33)22(11-13-28-26)19-7-9-21(27)10-8-19/h3-14H,15-16H2,1-2H3,(H,29,31,34). The molecule has 0 saturated heterocycles. The third-order valence-corrected chi connectivity index (χ3v) is 5.76. The first kappa shape index (κ1) is 21.5. The van der Waals surface area contributed by atoms with Crippen LogP contribution in [0.25, 0.3) is 22.2 Å². The molecule has 170 valence electrons. The summed E-state index contributed by atoms with van der Waals surface area (Å²) in [4.78, 5) is 17.2. The van der Waals surface area contributed by atoms with Crippen LogP contribution in [0.3, 0.4) is 0 Å². The van der Waals surface area contributed by atoms with Crippen molar-refractivity contribution in [3.8, 4) is 11.1 Å². The van der Waals surface area contributed by atoms with Gasteiger partial charge in [0.25, 0.3) is 0 Å². The number of aromatic nitrogens is 5. The molecule has 3 heterocycles. The number of nitrogens with zero attached hydrogens (tertiary/aromatic N) is 5. The number of pyridine rings is 1. The highest BCUT2D eigenvalue weighted by Gasteiger charge is 2.16. The van der Waals surface area contributed by atoms with Gasteiger partial charge in [0.2, 0.25) is 5.91 Å². The SMILES string of the molecule is Cc1ccccc1Cn1ccc(NC(=O)Cn2nc(C)c3c(-c4ccc(F)cc4)ccnc32)n1. The molecule has 5 aromatic rings. The second-order valence-electron chi connectivity index (χ2n) is 8.18. The number of amides is 1. The number of nitrogens with one attached hydrogen (secondary N) is 1. The molecule has 3 aromatic heterocycles. The van der Waals surface area contributed by atoms with Crippen LogP contribution in [-0.2, 0) is 17.9 Å². The van der Waals surface area contributed by atoms with E-state index in [4.69, 9.17) is 0 Å². The van der Waals surface area contributed by atoms with E-state index in [9.17, 15) is 9.18 Å². The number of benzene rings is 2. The van der Waals surface area contributed by atoms with Gasteiger partial charge >= 0.3 is 0 Å². The van der Waals surface area contributed by atoms with Crippen LogP contribution in [0.4, 0.5) is 10.2 Å². The summed E-state index contributed by atoms with van der Waals surface area (Å²) >= 11 is 0. The summed E-state index contributed by atoms with van der Waals surface area (Å²) in [6, 6.07) is 18.1. The van der Waals surface area contributed by atoms with Crippen LogP contribution in [0.1, 0.15) is 16.8 Å². The van der Waals surface area contributed by atoms with E-state index in [0.29, 0.717) is 18.0 Å². The summed E-state index contributed by atoms with van der Waals surface area (Å²) in [6.07, 6.45) is 3.51. The summed E-state index contributed by atoms with van der Waals surface area (Å²) < 4.78 is 16.7. The molecule has 0 aliphatic carbocycles. The van der Waals surface area contributed by atoms with Gasteiger partial charge in [-0.15, -0.1) is 0 Å². The van der Waals surface area contributed by atoms with Gasteiger partial charge in [0.05, 0.1) is 12.2 Å². The van der Waals surface area contributed by atoms with Crippen molar-refractivity contribution < 1.29 is 9.18 Å². The molecule has 2 aromatic carbocycles. The molecule has 7 nitrogen and oxygen atoms in total. The zero-order valence-corrected chi connectivity index (χ0v) is 18.9. The van der Waals surface area contributed by atoms with Crippen LogP contribution >= 0.6 is 0 Å². The lowest BCUT2D eigenvalue weighted by Gasteiger charge is -2.06. The maximum atomic E-state index is 13.4. The van der Waals surface area contributed by atoms with Crippen molar-refractivity contribution in [1.82, 2.24) is 24.5 Å². The molecule has 5 rings (SSSR count). The fraction of sp³-hybridized carbons (Fsp3) is 0.154. The van der Waals surface area contributed by atoms with Crippen molar-refractivity contribution in [1.29, 1.82) is 0 Å². The molecule has 1 N–H and O–H groups in total. The minimum Gasteiger partial charge on any atom is -0.308 e. The van der Waals surface area contributed by atoms with E-state index in [1.807, 2.05) is 31.3 Å². The molecule has 0 bridgehead atoms. The fourth-order valence-electron chi connectivity index (χ4n) is 4.06. The van der Waals surface area contributed by atoms with Gasteiger partial charge in [-0.2, -0.15) is 10.2 Å². The van der Waals surface area contributed by atoms with Crippen LogP contribution in [0, 0.1) is 19.7 Å². The molecule has 0 aliphatic heterocycles. The molecule has 0 atom stereocenters. The normalized spacial score (nSPS) is 11.1. The van der Waals surface area contributed by atoms with E-state index in [0.717, 1.165) is 22.2 Å². The molecule has 0 unspecified atom stereocenters. The quantitative estimate of drug-likeness (QED) is 0.402. The van der Waals surface area contributed by atoms with Crippen molar-refractivity contribution in [3.05, 3.63) is 95.7 Å². The van der Waals surface area contributed by atoms with Gasteiger partial charge in [-0.25, -0.2) is 14.1 Å². The van der Waals surface area contributed by atoms with Crippen molar-refractivity contribution in [3.63, 3.8) is 0 Å². The second-order valence-corrected chi connectivity index (χ2v) is 8.18. The Morgan fingerprint density at radius 1 is 1.00 bits per heavy atom. The Morgan fingerprint density at radius 3 is 2.59 bits per heavy atom. The third kappa shape index (κ3) is 4.30. The minimum absolute atomic E-state index is 0.00509. The van der Waals surface area contributed by atoms with Gasteiger partial charge in [0, 0.05) is 23.8 Å². The molecule has 0 fully saturated rings. The van der Waals surface area contributed by atoms with E-state index in [2.05, 4.69) is 39.6 Å². The highest BCUT2D eigenvalue weighted by molar-refractivity contribution is 5.96. The minimum atomic E-state index is -0.292. The molecular weight excluding hydrogens is 431 g/mol. The number of anilines is 1. The largest absolute Gasteiger partial charge is 0.308 e. The molecule has 0 aliphatic rings. The summed E-state index contributed by atoms with van der Waals surface area (Å²) in [5, 5.41) is 12.7. The number of hydrogen-bond donors (Lipinski definition) is 1. The van der Waals surface area contributed by atoms with Crippen molar-refractivity contribution in [2.24, 2.45) is 0 Å². The van der Waals surface area contributed by atoms with Gasteiger partial charge in [-0.3, -0.25) is 9.48 Å². The van der Waals surface area contributed by atoms with E-state index in [1.165, 1.54) is 23.3 Å². The van der Waals surface area contributed by atoms with Crippen LogP contribution in [-0.4, -0.2) is 30.5 Å². The summed E-state index contributed by atoms with van der Waals surface area (Å²) in [7, 11) is 0. The number of aryl methyl sites for hydroxylation is 2. The van der Waals surface area contributed by atoms with E-state index < -0.39 is 0 Å². The second kappa shape index (κ2) is 8.90. The summed E-state index contributed by atoms with van der Waals surface area (Å²) in [6.45, 7) is 4.56. The highest BCUT2D eigenvalue weighted by Crippen LogP contribution is 2.30. The van der Waals surface area contributed by atoms with Crippen molar-refractivity contribution >= 4 is 22.8 Å². The first-order valence-electron chi connectivity index (χ1n) is 10.9. The maximum absolute atomic E-state index is 13.4. The Labute approximate surface area is 195 Å². The molecule has 0 spiro atoms. The van der Waals surface area contributed by atoms with Crippen LogP contribution < -0.4 is 5.32 Å². The predicted molar refractivity (Wildman–Crippen MR) is 129 cm³/mol. The molecule has 0 radical (unpaired) electrons. The average molecular weight is 455 g/mol. The van der Waals surface area contributed by atoms with Gasteiger partial charge in [-0.05, 0) is 54.3 Å². The average Bonchev–Trinajstić information content (AvgIpc) is 3.39. The number of fused-ring (bicyclic) bond motifs is 1. The lowest BCUT2D eigenvalue weighted by Crippen LogP contribution is -2.20. The Kier molecular flexibility index (Phi) is 5.63. The monoisotopic (exact) mass is 454 g/mol. The lowest BCUT2D eigenvalue weighted by atomic mass is 10.0. The van der Waals surface area contributed by atoms with Crippen LogP contribution in [0.2, 0.25) is 0 Å². The lowest BCUT2D eigenvalue weighted by molar-refractivity contribution is -0.116. The molecular formula is C26H23FN6O. The Hall–Kier alpha value is -4.33. The first-order chi connectivity index (χ1) is 16.5. The molecule has 34 heavy (non-hydrogen) atoms. The Bertz CT molecular complexity index is 1490. The molecule has 8 heteroatoms. The smallest absolute Gasteiger partial charge is 0.247 e. The zero-order valence-electron chi connectivity index (χ0n) is 18.9. The van der Waals surface area contributed by atoms with Gasteiger partial charge in [-0.1, -0.05) is 36.4 Å². The van der Waals surface area contributed by atoms with Gasteiger partial charge in [0.15, 0.2) is 11.5 Å². The van der Waals surface area contributed by atoms with Crippen molar-refractivity contribution in [2.75, 3.05) is 5.32 Å². The zero-order chi connectivity index (χ0) is 23.7. The number of carbonyl (C=O) groups excluding carboxylic acids is 1. The summed E-state index contributed by atoms with van der Waals surface area (Å²) in [5.74, 6) is -0.0641. The van der Waals surface area contributed by atoms with Crippen LogP contribution in [0.5, 0.6) is 0 Å². The third-order valence-electron chi connectivity index (χ3n) is 5.76. The van der Waals surface area contributed by atoms with E-state index in [-0.39, 0.29) is 18.3 Å². The Morgan fingerprint density at radius 2 is 1.79 bits per heavy atom. The number of carbonyl (C=O) groups is 1. The molecule has 0 saturated carbocycles. The van der Waals surface area contributed by atoms with Gasteiger partial charge in [0.1, 0.15) is 12.4 Å². The van der Waals surface area contributed by atoms with Crippen LogP contribution in [0.15, 0.2) is 73.1 Å². The number of halogens is 1.